The monoisotopic (exact) mass is 609 g/mol. The average Bonchev–Trinajstić information content (AvgIpc) is 2.96. The van der Waals surface area contributed by atoms with Crippen LogP contribution in [0.2, 0.25) is 0 Å². The first-order chi connectivity index (χ1) is 20.0. The van der Waals surface area contributed by atoms with E-state index < -0.39 is 60.5 Å². The summed E-state index contributed by atoms with van der Waals surface area (Å²) in [6.45, 7) is 15.9. The molecule has 1 heterocycles. The van der Waals surface area contributed by atoms with Crippen LogP contribution in [-0.2, 0) is 14.3 Å². The fourth-order valence-electron chi connectivity index (χ4n) is 5.75. The molecule has 0 aromatic rings. The van der Waals surface area contributed by atoms with Crippen LogP contribution in [0.1, 0.15) is 61.3 Å². The number of carbonyl (C=O) groups excluding carboxylic acids is 2. The molecule has 7 N–H and O–H groups in total. The van der Waals surface area contributed by atoms with Gasteiger partial charge in [-0.15, -0.1) is 0 Å². The van der Waals surface area contributed by atoms with E-state index in [1.165, 1.54) is 0 Å². The van der Waals surface area contributed by atoms with Gasteiger partial charge in [-0.1, -0.05) is 84.6 Å². The van der Waals surface area contributed by atoms with Crippen LogP contribution in [0.3, 0.4) is 0 Å². The molecule has 0 saturated carbocycles. The second kappa shape index (κ2) is 18.3. The van der Waals surface area contributed by atoms with Crippen molar-refractivity contribution in [1.29, 1.82) is 0 Å². The zero-order valence-electron chi connectivity index (χ0n) is 26.7. The van der Waals surface area contributed by atoms with Crippen LogP contribution in [0.15, 0.2) is 48.6 Å². The third-order valence-electron chi connectivity index (χ3n) is 8.71. The average molecular weight is 610 g/mol. The van der Waals surface area contributed by atoms with Crippen molar-refractivity contribution in [3.8, 4) is 0 Å². The first kappa shape index (κ1) is 38.5. The zero-order chi connectivity index (χ0) is 33.0. The summed E-state index contributed by atoms with van der Waals surface area (Å²) in [5, 5.41) is 52.9. The zero-order valence-corrected chi connectivity index (χ0v) is 26.7. The summed E-state index contributed by atoms with van der Waals surface area (Å²) in [6.07, 6.45) is 5.00. The Labute approximate surface area is 257 Å². The molecule has 0 aromatic carbocycles. The van der Waals surface area contributed by atoms with E-state index in [2.05, 4.69) is 6.58 Å². The van der Waals surface area contributed by atoms with E-state index in [0.717, 1.165) is 0 Å². The number of rotatable bonds is 17. The molecule has 1 aliphatic rings. The van der Waals surface area contributed by atoms with Gasteiger partial charge in [0.15, 0.2) is 0 Å². The van der Waals surface area contributed by atoms with E-state index in [1.54, 1.807) is 58.1 Å². The van der Waals surface area contributed by atoms with Crippen LogP contribution in [0.25, 0.3) is 0 Å². The van der Waals surface area contributed by atoms with Gasteiger partial charge in [-0.2, -0.15) is 0 Å². The Hall–Kier alpha value is -2.50. The molecule has 1 rings (SSSR count). The second-order valence-electron chi connectivity index (χ2n) is 12.4. The maximum absolute atomic E-state index is 12.0. The van der Waals surface area contributed by atoms with Crippen molar-refractivity contribution in [2.24, 2.45) is 47.2 Å². The minimum absolute atomic E-state index is 0.132. The number of aliphatic hydroxyl groups is 5. The molecule has 10 nitrogen and oxygen atoms in total. The van der Waals surface area contributed by atoms with Gasteiger partial charge < -0.3 is 40.7 Å². The number of aliphatic hydroxyl groups excluding tert-OH is 5. The third kappa shape index (κ3) is 11.8. The van der Waals surface area contributed by atoms with Gasteiger partial charge in [-0.05, 0) is 24.8 Å². The smallest absolute Gasteiger partial charge is 0.404 e. The van der Waals surface area contributed by atoms with E-state index in [1.807, 2.05) is 26.8 Å². The molecular formula is C33H55NO9. The largest absolute Gasteiger partial charge is 0.462 e. The van der Waals surface area contributed by atoms with Crippen LogP contribution in [0.5, 0.6) is 0 Å². The number of hydrogen-bond acceptors (Lipinski definition) is 9. The predicted octanol–water partition coefficient (Wildman–Crippen LogP) is 3.27. The van der Waals surface area contributed by atoms with Crippen molar-refractivity contribution >= 4 is 12.1 Å². The van der Waals surface area contributed by atoms with Gasteiger partial charge >= 0.3 is 12.1 Å². The summed E-state index contributed by atoms with van der Waals surface area (Å²) in [7, 11) is 0. The highest BCUT2D eigenvalue weighted by Crippen LogP contribution is 2.30. The van der Waals surface area contributed by atoms with Crippen LogP contribution in [0, 0.1) is 41.4 Å². The second-order valence-corrected chi connectivity index (χ2v) is 12.4. The van der Waals surface area contributed by atoms with E-state index >= 15 is 0 Å². The van der Waals surface area contributed by atoms with Gasteiger partial charge in [0.2, 0.25) is 0 Å². The van der Waals surface area contributed by atoms with Gasteiger partial charge in [0, 0.05) is 36.0 Å². The van der Waals surface area contributed by atoms with E-state index in [-0.39, 0.29) is 42.6 Å². The molecule has 0 aliphatic carbocycles. The Balaban J connectivity index is 2.84. The summed E-state index contributed by atoms with van der Waals surface area (Å²) < 4.78 is 10.7. The van der Waals surface area contributed by atoms with Crippen molar-refractivity contribution in [2.75, 3.05) is 6.61 Å². The van der Waals surface area contributed by atoms with Crippen LogP contribution >= 0.6 is 0 Å². The van der Waals surface area contributed by atoms with Gasteiger partial charge in [-0.3, -0.25) is 4.79 Å². The van der Waals surface area contributed by atoms with Gasteiger partial charge in [-0.25, -0.2) is 4.79 Å². The standard InChI is InChI=1S/C33H55NO9/c1-9-10-11-19(3)31(43-33(34)41)23(7)29(38)21(5)15-25(17-35)14-20(4)28(37)18(2)12-13-26(36)16-27-22(6)30(39)24(8)32(40)42-27/h9-14,18-24,26-31,35-39H,1,15-17H2,2-8H3,(H2,34,41)/b11-10-,13-12-,25-14+/t18-,19-,20-,21-,22-,23-,24+,26+,27-,28-,29+,30-,31-/m0/s1. The van der Waals surface area contributed by atoms with Crippen LogP contribution < -0.4 is 5.73 Å². The molecule has 246 valence electrons. The number of ether oxygens (including phenoxy) is 2. The fourth-order valence-corrected chi connectivity index (χ4v) is 5.75. The molecule has 1 fully saturated rings. The van der Waals surface area contributed by atoms with Crippen molar-refractivity contribution in [1.82, 2.24) is 0 Å². The first-order valence-electron chi connectivity index (χ1n) is 15.2. The maximum Gasteiger partial charge on any atom is 0.404 e. The number of hydrogen-bond donors (Lipinski definition) is 6. The summed E-state index contributed by atoms with van der Waals surface area (Å²) in [6, 6.07) is 0. The SMILES string of the molecule is C=C/C=C\[C@H](C)[C@H](OC(N)=O)[C@@H](C)[C@H](O)[C@@H](C)C/C(=C\[C@H](C)[C@@H](O)[C@@H](C)/C=C\[C@@H](O)C[C@@H]1OC(=O)[C@H](C)[C@@H](O)[C@H]1C)CO. The highest BCUT2D eigenvalue weighted by Gasteiger charge is 2.41. The highest BCUT2D eigenvalue weighted by atomic mass is 16.6. The Bertz CT molecular complexity index is 979. The van der Waals surface area contributed by atoms with Crippen molar-refractivity contribution in [3.05, 3.63) is 48.6 Å². The molecule has 1 saturated heterocycles. The van der Waals surface area contributed by atoms with E-state index in [0.29, 0.717) is 12.0 Å². The molecular weight excluding hydrogens is 554 g/mol. The van der Waals surface area contributed by atoms with Crippen LogP contribution in [0.4, 0.5) is 4.79 Å². The van der Waals surface area contributed by atoms with E-state index in [4.69, 9.17) is 15.2 Å². The molecule has 0 aromatic heterocycles. The molecule has 0 unspecified atom stereocenters. The van der Waals surface area contributed by atoms with E-state index in [9.17, 15) is 35.1 Å². The lowest BCUT2D eigenvalue weighted by atomic mass is 9.81. The van der Waals surface area contributed by atoms with Gasteiger partial charge in [0.05, 0.1) is 36.9 Å². The molecule has 43 heavy (non-hydrogen) atoms. The molecule has 0 radical (unpaired) electrons. The fraction of sp³-hybridized carbons (Fsp3) is 0.697. The van der Waals surface area contributed by atoms with Crippen molar-refractivity contribution in [2.45, 2.75) is 97.9 Å². The topological polar surface area (TPSA) is 180 Å². The minimum atomic E-state index is -0.934. The number of allylic oxidation sites excluding steroid dienone is 2. The number of nitrogens with two attached hydrogens (primary N) is 1. The molecule has 1 aliphatic heterocycles. The molecule has 13 atom stereocenters. The Morgan fingerprint density at radius 2 is 1.65 bits per heavy atom. The quantitative estimate of drug-likeness (QED) is 0.0820. The third-order valence-corrected chi connectivity index (χ3v) is 8.71. The number of cyclic esters (lactones) is 1. The van der Waals surface area contributed by atoms with Crippen molar-refractivity contribution in [3.63, 3.8) is 0 Å². The lowest BCUT2D eigenvalue weighted by Gasteiger charge is -2.36. The van der Waals surface area contributed by atoms with Gasteiger partial charge in [0.25, 0.3) is 0 Å². The molecule has 0 bridgehead atoms. The Morgan fingerprint density at radius 3 is 2.21 bits per heavy atom. The lowest BCUT2D eigenvalue weighted by Crippen LogP contribution is -2.47. The molecule has 10 heteroatoms. The van der Waals surface area contributed by atoms with Crippen LogP contribution in [-0.4, -0.2) is 80.8 Å². The maximum atomic E-state index is 12.0. The Morgan fingerprint density at radius 1 is 1.02 bits per heavy atom. The minimum Gasteiger partial charge on any atom is -0.462 e. The summed E-state index contributed by atoms with van der Waals surface area (Å²) in [5.41, 5.74) is 5.93. The summed E-state index contributed by atoms with van der Waals surface area (Å²) >= 11 is 0. The molecule has 0 spiro atoms. The van der Waals surface area contributed by atoms with Crippen molar-refractivity contribution < 1.29 is 44.6 Å². The lowest BCUT2D eigenvalue weighted by molar-refractivity contribution is -0.179. The predicted molar refractivity (Wildman–Crippen MR) is 165 cm³/mol. The highest BCUT2D eigenvalue weighted by molar-refractivity contribution is 5.73. The Kier molecular flexibility index (Phi) is 16.4. The number of carbonyl (C=O) groups is 2. The number of amides is 1. The summed E-state index contributed by atoms with van der Waals surface area (Å²) in [5.74, 6) is -3.11. The normalized spacial score (nSPS) is 27.9. The number of esters is 1. The number of primary amides is 1. The first-order valence-corrected chi connectivity index (χ1v) is 15.2. The molecule has 1 amide bonds. The van der Waals surface area contributed by atoms with Gasteiger partial charge in [0.1, 0.15) is 12.2 Å². The summed E-state index contributed by atoms with van der Waals surface area (Å²) in [4.78, 5) is 23.5.